The highest BCUT2D eigenvalue weighted by Crippen LogP contribution is 2.15. The molecule has 20 heavy (non-hydrogen) atoms. The third-order valence-electron chi connectivity index (χ3n) is 3.09. The highest BCUT2D eigenvalue weighted by atomic mass is 16.3. The minimum Gasteiger partial charge on any atom is -0.469 e. The van der Waals surface area contributed by atoms with E-state index in [4.69, 9.17) is 4.42 Å². The summed E-state index contributed by atoms with van der Waals surface area (Å²) in [6.45, 7) is 1.73. The first kappa shape index (κ1) is 12.2. The van der Waals surface area contributed by atoms with Gasteiger partial charge in [-0.15, -0.1) is 0 Å². The Hall–Kier alpha value is -2.82. The number of fused-ring (bicyclic) bond motifs is 1. The molecule has 0 atom stereocenters. The number of aryl methyl sites for hydroxylation is 1. The fraction of sp³-hybridized carbons (Fsp3) is 0.0667. The lowest BCUT2D eigenvalue weighted by Gasteiger charge is -1.97. The number of nitrogens with zero attached hydrogens (tertiary/aromatic N) is 1. The molecule has 100 valence electrons. The van der Waals surface area contributed by atoms with E-state index in [2.05, 4.69) is 15.5 Å². The lowest BCUT2D eigenvalue weighted by atomic mass is 10.2. The molecule has 0 spiro atoms. The van der Waals surface area contributed by atoms with Gasteiger partial charge in [0.1, 0.15) is 5.76 Å². The quantitative estimate of drug-likeness (QED) is 0.566. The highest BCUT2D eigenvalue weighted by Gasteiger charge is 2.09. The van der Waals surface area contributed by atoms with Gasteiger partial charge in [-0.3, -0.25) is 4.79 Å². The molecule has 2 aromatic heterocycles. The zero-order chi connectivity index (χ0) is 13.9. The summed E-state index contributed by atoms with van der Waals surface area (Å²) in [5.74, 6) is 0.289. The number of H-pyrrole nitrogens is 1. The van der Waals surface area contributed by atoms with Gasteiger partial charge in [-0.05, 0) is 19.1 Å². The summed E-state index contributed by atoms with van der Waals surface area (Å²) in [5.41, 5.74) is 4.93. The second-order valence-electron chi connectivity index (χ2n) is 4.38. The Morgan fingerprint density at radius 2 is 2.20 bits per heavy atom. The molecule has 1 aromatic carbocycles. The van der Waals surface area contributed by atoms with Gasteiger partial charge in [-0.25, -0.2) is 5.43 Å². The van der Waals surface area contributed by atoms with Crippen molar-refractivity contribution >= 4 is 23.0 Å². The van der Waals surface area contributed by atoms with Crippen LogP contribution in [0.5, 0.6) is 0 Å². The van der Waals surface area contributed by atoms with Gasteiger partial charge in [0.05, 0.1) is 18.0 Å². The van der Waals surface area contributed by atoms with Crippen LogP contribution in [0.2, 0.25) is 0 Å². The van der Waals surface area contributed by atoms with Crippen LogP contribution in [-0.4, -0.2) is 17.1 Å². The van der Waals surface area contributed by atoms with Gasteiger partial charge >= 0.3 is 0 Å². The van der Waals surface area contributed by atoms with E-state index in [1.165, 1.54) is 6.26 Å². The molecule has 5 nitrogen and oxygen atoms in total. The van der Waals surface area contributed by atoms with Crippen molar-refractivity contribution in [2.45, 2.75) is 6.92 Å². The Balaban J connectivity index is 1.75. The van der Waals surface area contributed by atoms with Crippen LogP contribution in [0.3, 0.4) is 0 Å². The SMILES string of the molecule is Cc1occc1C(=O)NN=Cc1c[nH]c2ccccc12. The Morgan fingerprint density at radius 3 is 3.00 bits per heavy atom. The molecule has 0 unspecified atom stereocenters. The highest BCUT2D eigenvalue weighted by molar-refractivity contribution is 6.00. The molecule has 1 amide bonds. The molecule has 0 bridgehead atoms. The molecule has 0 aliphatic rings. The molecule has 3 aromatic rings. The number of aromatic amines is 1. The number of rotatable bonds is 3. The van der Waals surface area contributed by atoms with Crippen molar-refractivity contribution in [2.75, 3.05) is 0 Å². The smallest absolute Gasteiger partial charge is 0.274 e. The first-order valence-electron chi connectivity index (χ1n) is 6.19. The maximum Gasteiger partial charge on any atom is 0.274 e. The van der Waals surface area contributed by atoms with Crippen molar-refractivity contribution in [3.8, 4) is 0 Å². The van der Waals surface area contributed by atoms with Crippen LogP contribution in [0.1, 0.15) is 21.7 Å². The lowest BCUT2D eigenvalue weighted by Crippen LogP contribution is -2.17. The van der Waals surface area contributed by atoms with Gasteiger partial charge in [0, 0.05) is 22.7 Å². The molecule has 2 N–H and O–H groups in total. The average Bonchev–Trinajstić information content (AvgIpc) is 3.05. The van der Waals surface area contributed by atoms with Gasteiger partial charge in [0.2, 0.25) is 0 Å². The number of hydrogen-bond donors (Lipinski definition) is 2. The first-order chi connectivity index (χ1) is 9.75. The molecule has 0 fully saturated rings. The summed E-state index contributed by atoms with van der Waals surface area (Å²) in [4.78, 5) is 15.0. The van der Waals surface area contributed by atoms with E-state index in [1.54, 1.807) is 19.2 Å². The van der Waals surface area contributed by atoms with Crippen LogP contribution in [-0.2, 0) is 0 Å². The fourth-order valence-corrected chi connectivity index (χ4v) is 2.04. The van der Waals surface area contributed by atoms with E-state index in [9.17, 15) is 4.79 Å². The second kappa shape index (κ2) is 5.05. The monoisotopic (exact) mass is 267 g/mol. The maximum atomic E-state index is 11.8. The standard InChI is InChI=1S/C15H13N3O2/c1-10-12(6-7-20-10)15(19)18-17-9-11-8-16-14-5-3-2-4-13(11)14/h2-9,16H,1H3,(H,18,19). The molecular formula is C15H13N3O2. The lowest BCUT2D eigenvalue weighted by molar-refractivity contribution is 0.0953. The number of aromatic nitrogens is 1. The summed E-state index contributed by atoms with van der Waals surface area (Å²) >= 11 is 0. The van der Waals surface area contributed by atoms with Crippen LogP contribution >= 0.6 is 0 Å². The van der Waals surface area contributed by atoms with Crippen LogP contribution < -0.4 is 5.43 Å². The zero-order valence-electron chi connectivity index (χ0n) is 10.9. The molecule has 5 heteroatoms. The number of carbonyl (C=O) groups excluding carboxylic acids is 1. The third kappa shape index (κ3) is 2.21. The van der Waals surface area contributed by atoms with Crippen molar-refractivity contribution in [1.82, 2.24) is 10.4 Å². The van der Waals surface area contributed by atoms with E-state index < -0.39 is 0 Å². The van der Waals surface area contributed by atoms with Crippen molar-refractivity contribution in [2.24, 2.45) is 5.10 Å². The third-order valence-corrected chi connectivity index (χ3v) is 3.09. The fourth-order valence-electron chi connectivity index (χ4n) is 2.04. The number of para-hydroxylation sites is 1. The van der Waals surface area contributed by atoms with E-state index >= 15 is 0 Å². The van der Waals surface area contributed by atoms with E-state index in [-0.39, 0.29) is 5.91 Å². The number of carbonyl (C=O) groups is 1. The number of hydrogen-bond acceptors (Lipinski definition) is 3. The van der Waals surface area contributed by atoms with Gasteiger partial charge < -0.3 is 9.40 Å². The van der Waals surface area contributed by atoms with Crippen LogP contribution in [0.4, 0.5) is 0 Å². The van der Waals surface area contributed by atoms with Gasteiger partial charge in [-0.1, -0.05) is 18.2 Å². The van der Waals surface area contributed by atoms with Crippen LogP contribution in [0.15, 0.2) is 52.3 Å². The molecule has 0 aliphatic carbocycles. The number of benzene rings is 1. The summed E-state index contributed by atoms with van der Waals surface area (Å²) in [5, 5.41) is 5.03. The maximum absolute atomic E-state index is 11.8. The van der Waals surface area contributed by atoms with Crippen molar-refractivity contribution in [3.05, 3.63) is 59.7 Å². The first-order valence-corrected chi connectivity index (χ1v) is 6.19. The molecule has 0 aliphatic heterocycles. The van der Waals surface area contributed by atoms with E-state index in [0.717, 1.165) is 16.5 Å². The molecule has 3 rings (SSSR count). The van der Waals surface area contributed by atoms with Crippen molar-refractivity contribution in [3.63, 3.8) is 0 Å². The van der Waals surface area contributed by atoms with Crippen LogP contribution in [0.25, 0.3) is 10.9 Å². The Labute approximate surface area is 115 Å². The van der Waals surface area contributed by atoms with E-state index in [0.29, 0.717) is 11.3 Å². The second-order valence-corrected chi connectivity index (χ2v) is 4.38. The zero-order valence-corrected chi connectivity index (χ0v) is 10.9. The van der Waals surface area contributed by atoms with Gasteiger partial charge in [0.25, 0.3) is 5.91 Å². The van der Waals surface area contributed by atoms with Crippen molar-refractivity contribution in [1.29, 1.82) is 0 Å². The minimum atomic E-state index is -0.285. The summed E-state index contributed by atoms with van der Waals surface area (Å²) in [6, 6.07) is 9.52. The predicted molar refractivity (Wildman–Crippen MR) is 76.8 cm³/mol. The Morgan fingerprint density at radius 1 is 1.35 bits per heavy atom. The molecule has 2 heterocycles. The molecule has 0 saturated carbocycles. The number of nitrogens with one attached hydrogen (secondary N) is 2. The number of furan rings is 1. The summed E-state index contributed by atoms with van der Waals surface area (Å²) < 4.78 is 5.08. The average molecular weight is 267 g/mol. The summed E-state index contributed by atoms with van der Waals surface area (Å²) in [7, 11) is 0. The Bertz CT molecular complexity index is 783. The molecular weight excluding hydrogens is 254 g/mol. The normalized spacial score (nSPS) is 11.2. The molecule has 0 radical (unpaired) electrons. The van der Waals surface area contributed by atoms with Crippen molar-refractivity contribution < 1.29 is 9.21 Å². The minimum absolute atomic E-state index is 0.285. The van der Waals surface area contributed by atoms with Gasteiger partial charge in [0.15, 0.2) is 0 Å². The number of amides is 1. The van der Waals surface area contributed by atoms with Crippen LogP contribution in [0, 0.1) is 6.92 Å². The molecule has 0 saturated heterocycles. The topological polar surface area (TPSA) is 70.4 Å². The predicted octanol–water partition coefficient (Wildman–Crippen LogP) is 2.83. The summed E-state index contributed by atoms with van der Waals surface area (Å²) in [6.07, 6.45) is 4.95. The van der Waals surface area contributed by atoms with E-state index in [1.807, 2.05) is 30.5 Å². The van der Waals surface area contributed by atoms with Gasteiger partial charge in [-0.2, -0.15) is 5.10 Å². The largest absolute Gasteiger partial charge is 0.469 e. The number of hydrazone groups is 1. The Kier molecular flexibility index (Phi) is 3.09.